The van der Waals surface area contributed by atoms with E-state index in [2.05, 4.69) is 0 Å². The van der Waals surface area contributed by atoms with Crippen LogP contribution in [0.15, 0.2) is 48.5 Å². The Balaban J connectivity index is 1.56. The lowest BCUT2D eigenvalue weighted by molar-refractivity contribution is 0.0869. The van der Waals surface area contributed by atoms with Gasteiger partial charge in [-0.3, -0.25) is 0 Å². The average Bonchev–Trinajstić information content (AvgIpc) is 2.72. The Hall–Kier alpha value is -2.69. The predicted octanol–water partition coefficient (Wildman–Crippen LogP) is 4.22. The number of amides is 1. The van der Waals surface area contributed by atoms with Gasteiger partial charge in [0, 0.05) is 18.7 Å². The van der Waals surface area contributed by atoms with Crippen LogP contribution >= 0.6 is 0 Å². The minimum Gasteiger partial charge on any atom is -0.497 e. The Bertz CT molecular complexity index is 724. The summed E-state index contributed by atoms with van der Waals surface area (Å²) in [6.07, 6.45) is 1.51. The molecular weight excluding hydrogens is 330 g/mol. The van der Waals surface area contributed by atoms with Gasteiger partial charge in [-0.15, -0.1) is 0 Å². The molecule has 0 spiro atoms. The van der Waals surface area contributed by atoms with E-state index in [-0.39, 0.29) is 6.09 Å². The highest BCUT2D eigenvalue weighted by molar-refractivity contribution is 5.67. The number of methoxy groups -OCH3 is 2. The Labute approximate surface area is 154 Å². The molecule has 5 heteroatoms. The first kappa shape index (κ1) is 18.1. The fourth-order valence-corrected chi connectivity index (χ4v) is 3.34. The summed E-state index contributed by atoms with van der Waals surface area (Å²) in [5.74, 6) is 2.04. The molecule has 0 unspecified atom stereocenters. The topological polar surface area (TPSA) is 48.0 Å². The van der Waals surface area contributed by atoms with Crippen LogP contribution in [0.3, 0.4) is 0 Å². The van der Waals surface area contributed by atoms with Crippen LogP contribution in [0.25, 0.3) is 0 Å². The van der Waals surface area contributed by atoms with Crippen LogP contribution in [0.5, 0.6) is 11.5 Å². The van der Waals surface area contributed by atoms with Gasteiger partial charge in [0.2, 0.25) is 0 Å². The summed E-state index contributed by atoms with van der Waals surface area (Å²) >= 11 is 0. The SMILES string of the molecule is COc1ccc(OC)c(C2CCN(C(=O)OCc3ccccc3)CC2)c1. The van der Waals surface area contributed by atoms with Gasteiger partial charge < -0.3 is 19.1 Å². The van der Waals surface area contributed by atoms with Crippen LogP contribution in [0.1, 0.15) is 29.9 Å². The summed E-state index contributed by atoms with van der Waals surface area (Å²) in [6, 6.07) is 15.6. The van der Waals surface area contributed by atoms with E-state index in [0.29, 0.717) is 25.6 Å². The fourth-order valence-electron chi connectivity index (χ4n) is 3.34. The van der Waals surface area contributed by atoms with E-state index in [0.717, 1.165) is 35.5 Å². The van der Waals surface area contributed by atoms with Crippen molar-refractivity contribution in [3.8, 4) is 11.5 Å². The molecule has 1 aliphatic heterocycles. The van der Waals surface area contributed by atoms with Gasteiger partial charge in [-0.1, -0.05) is 30.3 Å². The number of hydrogen-bond donors (Lipinski definition) is 0. The number of nitrogens with zero attached hydrogens (tertiary/aromatic N) is 1. The van der Waals surface area contributed by atoms with E-state index >= 15 is 0 Å². The lowest BCUT2D eigenvalue weighted by atomic mass is 9.89. The van der Waals surface area contributed by atoms with Crippen molar-refractivity contribution in [2.75, 3.05) is 27.3 Å². The van der Waals surface area contributed by atoms with Gasteiger partial charge in [0.05, 0.1) is 14.2 Å². The van der Waals surface area contributed by atoms with Gasteiger partial charge in [0.15, 0.2) is 0 Å². The Morgan fingerprint density at radius 1 is 1.04 bits per heavy atom. The van der Waals surface area contributed by atoms with E-state index < -0.39 is 0 Å². The van der Waals surface area contributed by atoms with E-state index in [1.165, 1.54) is 0 Å². The molecule has 2 aromatic carbocycles. The number of benzene rings is 2. The Morgan fingerprint density at radius 3 is 2.42 bits per heavy atom. The van der Waals surface area contributed by atoms with Gasteiger partial charge in [-0.25, -0.2) is 4.79 Å². The first-order valence-electron chi connectivity index (χ1n) is 8.89. The fraction of sp³-hybridized carbons (Fsp3) is 0.381. The van der Waals surface area contributed by atoms with Crippen molar-refractivity contribution in [1.82, 2.24) is 4.90 Å². The largest absolute Gasteiger partial charge is 0.497 e. The maximum absolute atomic E-state index is 12.3. The molecule has 1 aliphatic rings. The van der Waals surface area contributed by atoms with Crippen LogP contribution in [0.2, 0.25) is 0 Å². The van der Waals surface area contributed by atoms with Crippen molar-refractivity contribution in [2.24, 2.45) is 0 Å². The highest BCUT2D eigenvalue weighted by Crippen LogP contribution is 2.36. The first-order chi connectivity index (χ1) is 12.7. The lowest BCUT2D eigenvalue weighted by Gasteiger charge is -2.32. The molecule has 0 N–H and O–H groups in total. The smallest absolute Gasteiger partial charge is 0.410 e. The molecule has 138 valence electrons. The molecule has 0 bridgehead atoms. The lowest BCUT2D eigenvalue weighted by Crippen LogP contribution is -2.38. The molecule has 1 heterocycles. The van der Waals surface area contributed by atoms with E-state index in [9.17, 15) is 4.79 Å². The molecule has 26 heavy (non-hydrogen) atoms. The molecule has 0 atom stereocenters. The standard InChI is InChI=1S/C21H25NO4/c1-24-18-8-9-20(25-2)19(14-18)17-10-12-22(13-11-17)21(23)26-15-16-6-4-3-5-7-16/h3-9,14,17H,10-13,15H2,1-2H3. The molecule has 3 rings (SSSR count). The van der Waals surface area contributed by atoms with E-state index in [4.69, 9.17) is 14.2 Å². The second-order valence-electron chi connectivity index (χ2n) is 6.41. The quantitative estimate of drug-likeness (QED) is 0.806. The summed E-state index contributed by atoms with van der Waals surface area (Å²) < 4.78 is 16.3. The number of carbonyl (C=O) groups is 1. The molecule has 0 aromatic heterocycles. The molecule has 1 saturated heterocycles. The summed E-state index contributed by atoms with van der Waals surface area (Å²) in [5.41, 5.74) is 2.14. The van der Waals surface area contributed by atoms with E-state index in [1.54, 1.807) is 19.1 Å². The van der Waals surface area contributed by atoms with Crippen molar-refractivity contribution in [3.63, 3.8) is 0 Å². The minimum atomic E-state index is -0.245. The minimum absolute atomic E-state index is 0.245. The van der Waals surface area contributed by atoms with Gasteiger partial charge >= 0.3 is 6.09 Å². The maximum atomic E-state index is 12.3. The summed E-state index contributed by atoms with van der Waals surface area (Å²) in [7, 11) is 3.35. The number of hydrogen-bond acceptors (Lipinski definition) is 4. The van der Waals surface area contributed by atoms with Crippen LogP contribution in [-0.4, -0.2) is 38.3 Å². The highest BCUT2D eigenvalue weighted by Gasteiger charge is 2.26. The van der Waals surface area contributed by atoms with Gasteiger partial charge in [-0.05, 0) is 42.5 Å². The molecule has 5 nitrogen and oxygen atoms in total. The third-order valence-electron chi connectivity index (χ3n) is 4.83. The number of piperidine rings is 1. The van der Waals surface area contributed by atoms with Crippen molar-refractivity contribution >= 4 is 6.09 Å². The van der Waals surface area contributed by atoms with Crippen molar-refractivity contribution in [1.29, 1.82) is 0 Å². The van der Waals surface area contributed by atoms with Gasteiger partial charge in [-0.2, -0.15) is 0 Å². The Kier molecular flexibility index (Phi) is 6.00. The average molecular weight is 355 g/mol. The molecule has 0 saturated carbocycles. The van der Waals surface area contributed by atoms with Crippen LogP contribution in [0, 0.1) is 0 Å². The van der Waals surface area contributed by atoms with Crippen LogP contribution < -0.4 is 9.47 Å². The molecule has 1 amide bonds. The van der Waals surface area contributed by atoms with Crippen LogP contribution in [0.4, 0.5) is 4.79 Å². The van der Waals surface area contributed by atoms with E-state index in [1.807, 2.05) is 48.5 Å². The second-order valence-corrected chi connectivity index (χ2v) is 6.41. The molecule has 0 aliphatic carbocycles. The molecule has 0 radical (unpaired) electrons. The zero-order chi connectivity index (χ0) is 18.4. The van der Waals surface area contributed by atoms with Crippen molar-refractivity contribution < 1.29 is 19.0 Å². The normalized spacial score (nSPS) is 14.8. The molecule has 2 aromatic rings. The zero-order valence-corrected chi connectivity index (χ0v) is 15.3. The predicted molar refractivity (Wildman–Crippen MR) is 99.7 cm³/mol. The summed E-state index contributed by atoms with van der Waals surface area (Å²) in [4.78, 5) is 14.1. The number of ether oxygens (including phenoxy) is 3. The Morgan fingerprint density at radius 2 is 1.77 bits per heavy atom. The highest BCUT2D eigenvalue weighted by atomic mass is 16.6. The summed E-state index contributed by atoms with van der Waals surface area (Å²) in [6.45, 7) is 1.67. The molecular formula is C21H25NO4. The first-order valence-corrected chi connectivity index (χ1v) is 8.89. The molecule has 1 fully saturated rings. The van der Waals surface area contributed by atoms with Crippen molar-refractivity contribution in [2.45, 2.75) is 25.4 Å². The van der Waals surface area contributed by atoms with Gasteiger partial charge in [0.1, 0.15) is 18.1 Å². The zero-order valence-electron chi connectivity index (χ0n) is 15.3. The number of carbonyl (C=O) groups excluding carboxylic acids is 1. The maximum Gasteiger partial charge on any atom is 0.410 e. The van der Waals surface area contributed by atoms with Crippen LogP contribution in [-0.2, 0) is 11.3 Å². The third-order valence-corrected chi connectivity index (χ3v) is 4.83. The number of rotatable bonds is 5. The van der Waals surface area contributed by atoms with Crippen molar-refractivity contribution in [3.05, 3.63) is 59.7 Å². The number of likely N-dealkylation sites (tertiary alicyclic amines) is 1. The van der Waals surface area contributed by atoms with Gasteiger partial charge in [0.25, 0.3) is 0 Å². The summed E-state index contributed by atoms with van der Waals surface area (Å²) in [5, 5.41) is 0. The third kappa shape index (κ3) is 4.28. The monoisotopic (exact) mass is 355 g/mol. The second kappa shape index (κ2) is 8.61.